The van der Waals surface area contributed by atoms with Gasteiger partial charge in [0.15, 0.2) is 0 Å². The largest absolute Gasteiger partial charge is 0.416 e. The molecule has 0 saturated heterocycles. The lowest BCUT2D eigenvalue weighted by Crippen LogP contribution is -2.48. The van der Waals surface area contributed by atoms with Crippen LogP contribution in [0.25, 0.3) is 0 Å². The predicted molar refractivity (Wildman–Crippen MR) is 70.6 cm³/mol. The van der Waals surface area contributed by atoms with Crippen LogP contribution < -0.4 is 4.72 Å². The summed E-state index contributed by atoms with van der Waals surface area (Å²) in [7, 11) is -4.08. The fourth-order valence-corrected chi connectivity index (χ4v) is 2.88. The maximum atomic E-state index is 12.4. The summed E-state index contributed by atoms with van der Waals surface area (Å²) in [5.74, 6) is -0.313. The topological polar surface area (TPSA) is 70.0 Å². The van der Waals surface area contributed by atoms with Crippen LogP contribution in [0, 0.1) is 17.2 Å². The monoisotopic (exact) mass is 320 g/mol. The van der Waals surface area contributed by atoms with Crippen molar-refractivity contribution in [2.24, 2.45) is 5.92 Å². The van der Waals surface area contributed by atoms with Crippen molar-refractivity contribution in [1.82, 2.24) is 4.72 Å². The third kappa shape index (κ3) is 3.95. The highest BCUT2D eigenvalue weighted by atomic mass is 32.2. The molecule has 0 aromatic heterocycles. The first-order valence-corrected chi connectivity index (χ1v) is 7.53. The Balaban J connectivity index is 3.13. The molecule has 4 nitrogen and oxygen atoms in total. The summed E-state index contributed by atoms with van der Waals surface area (Å²) in [5.41, 5.74) is -2.28. The molecule has 0 aliphatic heterocycles. The first kappa shape index (κ1) is 17.5. The van der Waals surface area contributed by atoms with Crippen LogP contribution in [0.5, 0.6) is 0 Å². The Hall–Kier alpha value is -1.59. The predicted octanol–water partition coefficient (Wildman–Crippen LogP) is 2.92. The minimum Gasteiger partial charge on any atom is -0.207 e. The van der Waals surface area contributed by atoms with Gasteiger partial charge in [-0.3, -0.25) is 0 Å². The Morgan fingerprint density at radius 2 is 1.67 bits per heavy atom. The number of rotatable bonds is 4. The minimum absolute atomic E-state index is 0.313. The van der Waals surface area contributed by atoms with Crippen molar-refractivity contribution < 1.29 is 21.6 Å². The Morgan fingerprint density at radius 3 is 2.00 bits per heavy atom. The van der Waals surface area contributed by atoms with E-state index in [2.05, 4.69) is 4.72 Å². The molecule has 8 heteroatoms. The van der Waals surface area contributed by atoms with Gasteiger partial charge in [-0.15, -0.1) is 0 Å². The SMILES string of the molecule is CC(C)[C@](C)(C#N)NS(=O)(=O)c1ccc(C(F)(F)F)cc1. The fourth-order valence-electron chi connectivity index (χ4n) is 1.43. The van der Waals surface area contributed by atoms with Crippen LogP contribution in [0.4, 0.5) is 13.2 Å². The van der Waals surface area contributed by atoms with E-state index in [0.29, 0.717) is 12.1 Å². The van der Waals surface area contributed by atoms with Gasteiger partial charge >= 0.3 is 6.18 Å². The molecular weight excluding hydrogens is 305 g/mol. The van der Waals surface area contributed by atoms with E-state index in [4.69, 9.17) is 5.26 Å². The van der Waals surface area contributed by atoms with E-state index in [1.807, 2.05) is 6.07 Å². The van der Waals surface area contributed by atoms with Gasteiger partial charge < -0.3 is 0 Å². The second-order valence-electron chi connectivity index (χ2n) is 5.10. The summed E-state index contributed by atoms with van der Waals surface area (Å²) in [4.78, 5) is -0.322. The summed E-state index contributed by atoms with van der Waals surface area (Å²) in [6, 6.07) is 4.97. The van der Waals surface area contributed by atoms with Crippen LogP contribution >= 0.6 is 0 Å². The number of benzene rings is 1. The molecule has 1 rings (SSSR count). The van der Waals surface area contributed by atoms with E-state index < -0.39 is 27.3 Å². The number of nitrogens with one attached hydrogen (secondary N) is 1. The van der Waals surface area contributed by atoms with Gasteiger partial charge in [0.1, 0.15) is 5.54 Å². The zero-order valence-corrected chi connectivity index (χ0v) is 12.5. The van der Waals surface area contributed by atoms with Crippen LogP contribution in [-0.4, -0.2) is 14.0 Å². The number of sulfonamides is 1. The second-order valence-corrected chi connectivity index (χ2v) is 6.78. The molecule has 0 bridgehead atoms. The lowest BCUT2D eigenvalue weighted by molar-refractivity contribution is -0.137. The van der Waals surface area contributed by atoms with Crippen molar-refractivity contribution in [2.75, 3.05) is 0 Å². The van der Waals surface area contributed by atoms with Crippen LogP contribution in [-0.2, 0) is 16.2 Å². The first-order valence-electron chi connectivity index (χ1n) is 6.05. The molecule has 1 aromatic rings. The summed E-state index contributed by atoms with van der Waals surface area (Å²) in [6.45, 7) is 4.75. The van der Waals surface area contributed by atoms with Gasteiger partial charge in [-0.2, -0.15) is 23.2 Å². The second kappa shape index (κ2) is 5.66. The zero-order chi connectivity index (χ0) is 16.5. The van der Waals surface area contributed by atoms with Gasteiger partial charge in [-0.05, 0) is 37.1 Å². The zero-order valence-electron chi connectivity index (χ0n) is 11.7. The van der Waals surface area contributed by atoms with E-state index >= 15 is 0 Å². The molecule has 21 heavy (non-hydrogen) atoms. The number of nitrogens with zero attached hydrogens (tertiary/aromatic N) is 1. The molecule has 0 radical (unpaired) electrons. The van der Waals surface area contributed by atoms with Gasteiger partial charge in [0.25, 0.3) is 0 Å². The van der Waals surface area contributed by atoms with Gasteiger partial charge in [-0.25, -0.2) is 8.42 Å². The average molecular weight is 320 g/mol. The van der Waals surface area contributed by atoms with E-state index in [0.717, 1.165) is 12.1 Å². The molecule has 0 aliphatic carbocycles. The van der Waals surface area contributed by atoms with E-state index in [1.54, 1.807) is 13.8 Å². The van der Waals surface area contributed by atoms with E-state index in [-0.39, 0.29) is 10.8 Å². The summed E-state index contributed by atoms with van der Waals surface area (Å²) < 4.78 is 63.8. The van der Waals surface area contributed by atoms with Crippen molar-refractivity contribution in [3.8, 4) is 6.07 Å². The summed E-state index contributed by atoms with van der Waals surface area (Å²) in [5, 5.41) is 9.09. The first-order chi connectivity index (χ1) is 9.42. The van der Waals surface area contributed by atoms with Crippen molar-refractivity contribution in [2.45, 2.75) is 37.4 Å². The van der Waals surface area contributed by atoms with Crippen molar-refractivity contribution in [3.63, 3.8) is 0 Å². The Labute approximate surface area is 121 Å². The number of halogens is 3. The number of hydrogen-bond donors (Lipinski definition) is 1. The smallest absolute Gasteiger partial charge is 0.207 e. The summed E-state index contributed by atoms with van der Waals surface area (Å²) >= 11 is 0. The molecule has 1 atom stereocenters. The molecule has 0 fully saturated rings. The normalized spacial score (nSPS) is 15.5. The molecule has 0 spiro atoms. The third-order valence-electron chi connectivity index (χ3n) is 3.23. The lowest BCUT2D eigenvalue weighted by atomic mass is 9.92. The Bertz CT molecular complexity index is 645. The Kier molecular flexibility index (Phi) is 4.70. The van der Waals surface area contributed by atoms with Crippen LogP contribution in [0.1, 0.15) is 26.3 Å². The molecule has 0 aliphatic rings. The van der Waals surface area contributed by atoms with Gasteiger partial charge in [0.05, 0.1) is 16.5 Å². The molecular formula is C13H15F3N2O2S. The van der Waals surface area contributed by atoms with Gasteiger partial charge in [-0.1, -0.05) is 13.8 Å². The molecule has 116 valence electrons. The molecule has 0 heterocycles. The molecule has 1 aromatic carbocycles. The maximum Gasteiger partial charge on any atom is 0.416 e. The quantitative estimate of drug-likeness (QED) is 0.927. The standard InChI is InChI=1S/C13H15F3N2O2S/c1-9(2)12(3,8-17)18-21(19,20)11-6-4-10(5-7-11)13(14,15)16/h4-7,9,18H,1-3H3/t12-/m0/s1. The van der Waals surface area contributed by atoms with Crippen molar-refractivity contribution in [3.05, 3.63) is 29.8 Å². The van der Waals surface area contributed by atoms with Gasteiger partial charge in [0.2, 0.25) is 10.0 Å². The Morgan fingerprint density at radius 1 is 1.19 bits per heavy atom. The average Bonchev–Trinajstić information content (AvgIpc) is 2.37. The lowest BCUT2D eigenvalue weighted by Gasteiger charge is -2.26. The highest BCUT2D eigenvalue weighted by molar-refractivity contribution is 7.89. The molecule has 0 amide bonds. The molecule has 0 unspecified atom stereocenters. The highest BCUT2D eigenvalue weighted by Gasteiger charge is 2.35. The van der Waals surface area contributed by atoms with E-state index in [1.165, 1.54) is 6.92 Å². The minimum atomic E-state index is -4.53. The van der Waals surface area contributed by atoms with Crippen LogP contribution in [0.2, 0.25) is 0 Å². The summed E-state index contributed by atoms with van der Waals surface area (Å²) in [6.07, 6.45) is -4.53. The van der Waals surface area contributed by atoms with Crippen molar-refractivity contribution in [1.29, 1.82) is 5.26 Å². The van der Waals surface area contributed by atoms with E-state index in [9.17, 15) is 21.6 Å². The van der Waals surface area contributed by atoms with Crippen LogP contribution in [0.3, 0.4) is 0 Å². The van der Waals surface area contributed by atoms with Gasteiger partial charge in [0, 0.05) is 0 Å². The third-order valence-corrected chi connectivity index (χ3v) is 4.81. The maximum absolute atomic E-state index is 12.4. The molecule has 1 N–H and O–H groups in total. The number of hydrogen-bond acceptors (Lipinski definition) is 3. The van der Waals surface area contributed by atoms with Crippen LogP contribution in [0.15, 0.2) is 29.2 Å². The number of nitriles is 1. The number of alkyl halides is 3. The fraction of sp³-hybridized carbons (Fsp3) is 0.462. The molecule has 0 saturated carbocycles. The highest BCUT2D eigenvalue weighted by Crippen LogP contribution is 2.30. The van der Waals surface area contributed by atoms with Crippen molar-refractivity contribution >= 4 is 10.0 Å².